The number of benzene rings is 2. The summed E-state index contributed by atoms with van der Waals surface area (Å²) in [4.78, 5) is 8.16. The molecule has 4 fully saturated rings. The smallest absolute Gasteiger partial charge is 0.0589 e. The van der Waals surface area contributed by atoms with Crippen LogP contribution in [0.5, 0.6) is 0 Å². The van der Waals surface area contributed by atoms with E-state index in [0.29, 0.717) is 17.9 Å². The number of piperidine rings is 3. The van der Waals surface area contributed by atoms with Crippen LogP contribution in [0.1, 0.15) is 62.0 Å². The Hall–Kier alpha value is -1.93. The fourth-order valence-corrected chi connectivity index (χ4v) is 5.99. The molecule has 152 valence electrons. The van der Waals surface area contributed by atoms with Crippen molar-refractivity contribution in [2.24, 2.45) is 16.8 Å². The van der Waals surface area contributed by atoms with Crippen molar-refractivity contribution in [2.45, 2.75) is 56.9 Å². The van der Waals surface area contributed by atoms with Gasteiger partial charge in [-0.15, -0.1) is 0 Å². The normalized spacial score (nSPS) is 28.9. The summed E-state index contributed by atoms with van der Waals surface area (Å²) in [6, 6.07) is 22.8. The van der Waals surface area contributed by atoms with Gasteiger partial charge < -0.3 is 0 Å². The number of fused-ring (bicyclic) bond motifs is 3. The summed E-state index contributed by atoms with van der Waals surface area (Å²) in [5.41, 5.74) is 4.38. The maximum Gasteiger partial charge on any atom is 0.0589 e. The predicted octanol–water partition coefficient (Wildman–Crippen LogP) is 5.93. The highest BCUT2D eigenvalue weighted by Crippen LogP contribution is 2.40. The first-order valence-corrected chi connectivity index (χ1v) is 11.8. The van der Waals surface area contributed by atoms with Crippen LogP contribution in [0.2, 0.25) is 0 Å². The average Bonchev–Trinajstić information content (AvgIpc) is 2.81. The molecule has 2 aromatic carbocycles. The highest BCUT2D eigenvalue weighted by Gasteiger charge is 2.43. The molecule has 0 spiro atoms. The van der Waals surface area contributed by atoms with Crippen molar-refractivity contribution in [2.75, 3.05) is 19.6 Å². The lowest BCUT2D eigenvalue weighted by Gasteiger charge is -2.50. The van der Waals surface area contributed by atoms with E-state index in [1.165, 1.54) is 74.9 Å². The minimum atomic E-state index is 0.380. The topological polar surface area (TPSA) is 15.6 Å². The van der Waals surface area contributed by atoms with Crippen molar-refractivity contribution in [1.82, 2.24) is 4.90 Å². The molecule has 0 radical (unpaired) electrons. The number of nitrogens with zero attached hydrogens (tertiary/aromatic N) is 2. The van der Waals surface area contributed by atoms with E-state index in [-0.39, 0.29) is 0 Å². The van der Waals surface area contributed by atoms with Gasteiger partial charge >= 0.3 is 0 Å². The van der Waals surface area contributed by atoms with Gasteiger partial charge in [0.2, 0.25) is 0 Å². The van der Waals surface area contributed by atoms with Crippen molar-refractivity contribution >= 4 is 5.71 Å². The second kappa shape index (κ2) is 8.83. The molecule has 2 heteroatoms. The monoisotopic (exact) mass is 386 g/mol. The summed E-state index contributed by atoms with van der Waals surface area (Å²) in [6.45, 7) is 3.52. The summed E-state index contributed by atoms with van der Waals surface area (Å²) in [5.74, 6) is 1.90. The number of aliphatic imine (C=N–C) groups is 1. The van der Waals surface area contributed by atoms with Gasteiger partial charge in [0.1, 0.15) is 0 Å². The van der Waals surface area contributed by atoms with Crippen molar-refractivity contribution in [3.05, 3.63) is 71.8 Å². The van der Waals surface area contributed by atoms with Gasteiger partial charge in [0.15, 0.2) is 0 Å². The van der Waals surface area contributed by atoms with Crippen LogP contribution in [0.3, 0.4) is 0 Å². The van der Waals surface area contributed by atoms with E-state index in [1.807, 2.05) is 0 Å². The second-order valence-electron chi connectivity index (χ2n) is 9.32. The third kappa shape index (κ3) is 4.05. The first kappa shape index (κ1) is 19.1. The Morgan fingerprint density at radius 1 is 0.759 bits per heavy atom. The van der Waals surface area contributed by atoms with Crippen LogP contribution in [0, 0.1) is 11.8 Å². The van der Waals surface area contributed by atoms with Gasteiger partial charge in [-0.25, -0.2) is 0 Å². The van der Waals surface area contributed by atoms with E-state index in [0.717, 1.165) is 12.5 Å². The molecule has 2 aromatic rings. The zero-order valence-electron chi connectivity index (χ0n) is 17.5. The third-order valence-corrected chi connectivity index (χ3v) is 7.53. The summed E-state index contributed by atoms with van der Waals surface area (Å²) >= 11 is 0. The van der Waals surface area contributed by atoms with E-state index in [2.05, 4.69) is 65.6 Å². The van der Waals surface area contributed by atoms with Crippen molar-refractivity contribution < 1.29 is 0 Å². The summed E-state index contributed by atoms with van der Waals surface area (Å²) < 4.78 is 0. The lowest BCUT2D eigenvalue weighted by atomic mass is 9.72. The largest absolute Gasteiger partial charge is 0.294 e. The molecule has 3 aliphatic heterocycles. The number of hydrogen-bond donors (Lipinski definition) is 0. The van der Waals surface area contributed by atoms with Gasteiger partial charge in [-0.2, -0.15) is 0 Å². The molecule has 6 rings (SSSR count). The Bertz CT molecular complexity index is 759. The molecular formula is C27H34N2. The molecule has 0 aromatic heterocycles. The molecule has 1 atom stereocenters. The highest BCUT2D eigenvalue weighted by atomic mass is 15.2. The van der Waals surface area contributed by atoms with Crippen molar-refractivity contribution in [1.29, 1.82) is 0 Å². The van der Waals surface area contributed by atoms with Crippen LogP contribution in [0.4, 0.5) is 0 Å². The summed E-state index contributed by atoms with van der Waals surface area (Å²) in [6.07, 6.45) is 9.62. The summed E-state index contributed by atoms with van der Waals surface area (Å²) in [7, 11) is 0. The van der Waals surface area contributed by atoms with Crippen molar-refractivity contribution in [3.8, 4) is 0 Å². The fourth-order valence-electron chi connectivity index (χ4n) is 5.99. The molecular weight excluding hydrogens is 352 g/mol. The number of hydrogen-bond acceptors (Lipinski definition) is 2. The zero-order valence-corrected chi connectivity index (χ0v) is 17.5. The second-order valence-corrected chi connectivity index (χ2v) is 9.32. The quantitative estimate of drug-likeness (QED) is 0.621. The van der Waals surface area contributed by atoms with E-state index < -0.39 is 0 Å². The average molecular weight is 387 g/mol. The molecule has 1 unspecified atom stereocenters. The molecule has 0 amide bonds. The molecule has 2 bridgehead atoms. The first-order valence-electron chi connectivity index (χ1n) is 11.8. The van der Waals surface area contributed by atoms with E-state index in [9.17, 15) is 0 Å². The van der Waals surface area contributed by atoms with Crippen LogP contribution in [0.15, 0.2) is 65.7 Å². The maximum absolute atomic E-state index is 5.42. The molecule has 2 nitrogen and oxygen atoms in total. The Labute approximate surface area is 176 Å². The summed E-state index contributed by atoms with van der Waals surface area (Å²) in [5, 5.41) is 0. The van der Waals surface area contributed by atoms with Gasteiger partial charge in [0.25, 0.3) is 0 Å². The zero-order chi connectivity index (χ0) is 19.5. The molecule has 3 saturated heterocycles. The van der Waals surface area contributed by atoms with Gasteiger partial charge in [-0.1, -0.05) is 79.9 Å². The lowest BCUT2D eigenvalue weighted by molar-refractivity contribution is 0.135. The molecule has 4 aliphatic rings. The standard InChI is InChI=1S/C27H34N2/c1-4-10-21(11-5-1)20-28-26-24-16-18-29(19-17-24)27(26)25(22-12-6-2-7-13-22)23-14-8-3-9-15-23/h2-3,6-9,12-15,21,24-25,27H,1,4-5,10-11,16-20H2/b28-26+. The molecule has 29 heavy (non-hydrogen) atoms. The van der Waals surface area contributed by atoms with Crippen LogP contribution in [0.25, 0.3) is 0 Å². The predicted molar refractivity (Wildman–Crippen MR) is 122 cm³/mol. The van der Waals surface area contributed by atoms with E-state index in [4.69, 9.17) is 4.99 Å². The van der Waals surface area contributed by atoms with Crippen molar-refractivity contribution in [3.63, 3.8) is 0 Å². The van der Waals surface area contributed by atoms with Gasteiger partial charge in [0, 0.05) is 24.1 Å². The van der Waals surface area contributed by atoms with Crippen LogP contribution in [-0.4, -0.2) is 36.3 Å². The fraction of sp³-hybridized carbons (Fsp3) is 0.519. The molecule has 1 aliphatic carbocycles. The highest BCUT2D eigenvalue weighted by molar-refractivity contribution is 5.94. The SMILES string of the molecule is c1ccc(C(c2ccccc2)C2/C(=N/CC3CCCCC3)C3CCN2CC3)cc1. The van der Waals surface area contributed by atoms with E-state index in [1.54, 1.807) is 0 Å². The third-order valence-electron chi connectivity index (χ3n) is 7.53. The molecule has 0 N–H and O–H groups in total. The lowest BCUT2D eigenvalue weighted by Crippen LogP contribution is -2.58. The van der Waals surface area contributed by atoms with Gasteiger partial charge in [-0.05, 0) is 55.8 Å². The van der Waals surface area contributed by atoms with Gasteiger partial charge in [-0.3, -0.25) is 9.89 Å². The van der Waals surface area contributed by atoms with Gasteiger partial charge in [0.05, 0.1) is 6.04 Å². The Balaban J connectivity index is 1.51. The Morgan fingerprint density at radius 2 is 1.34 bits per heavy atom. The minimum Gasteiger partial charge on any atom is -0.294 e. The van der Waals surface area contributed by atoms with E-state index >= 15 is 0 Å². The number of rotatable bonds is 5. The van der Waals surface area contributed by atoms with Crippen LogP contribution < -0.4 is 0 Å². The Kier molecular flexibility index (Phi) is 5.80. The minimum absolute atomic E-state index is 0.380. The first-order chi connectivity index (χ1) is 14.4. The van der Waals surface area contributed by atoms with Crippen LogP contribution in [-0.2, 0) is 0 Å². The molecule has 3 heterocycles. The maximum atomic E-state index is 5.42. The molecule has 1 saturated carbocycles. The Morgan fingerprint density at radius 3 is 1.93 bits per heavy atom. The van der Waals surface area contributed by atoms with Crippen LogP contribution >= 0.6 is 0 Å².